The van der Waals surface area contributed by atoms with Crippen LogP contribution in [0.1, 0.15) is 37.8 Å². The summed E-state index contributed by atoms with van der Waals surface area (Å²) in [6.45, 7) is 1.85. The van der Waals surface area contributed by atoms with Crippen LogP contribution >= 0.6 is 15.9 Å². The van der Waals surface area contributed by atoms with Gasteiger partial charge in [0.2, 0.25) is 5.95 Å². The number of rotatable bonds is 2. The minimum Gasteiger partial charge on any atom is -0.371 e. The largest absolute Gasteiger partial charge is 0.371 e. The van der Waals surface area contributed by atoms with Crippen molar-refractivity contribution in [1.29, 1.82) is 0 Å². The average molecular weight is 301 g/mol. The van der Waals surface area contributed by atoms with Crippen molar-refractivity contribution >= 4 is 27.7 Å². The molecule has 1 aromatic heterocycles. The fourth-order valence-electron chi connectivity index (χ4n) is 2.15. The molecule has 1 saturated carbocycles. The Morgan fingerprint density at radius 3 is 2.59 bits per heavy atom. The number of aromatic nitrogens is 2. The summed E-state index contributed by atoms with van der Waals surface area (Å²) in [7, 11) is 0. The molecule has 0 amide bonds. The Labute approximate surface area is 109 Å². The average Bonchev–Trinajstić information content (AvgIpc) is 2.26. The number of hydrogen-bond donors (Lipinski definition) is 3. The van der Waals surface area contributed by atoms with Crippen LogP contribution < -0.4 is 11.1 Å². The minimum absolute atomic E-state index is 0.215. The molecule has 17 heavy (non-hydrogen) atoms. The second-order valence-electron chi connectivity index (χ2n) is 4.55. The van der Waals surface area contributed by atoms with Crippen LogP contribution in [0.25, 0.3) is 0 Å². The molecule has 1 aliphatic carbocycles. The Morgan fingerprint density at radius 2 is 1.94 bits per heavy atom. The highest BCUT2D eigenvalue weighted by atomic mass is 79.9. The summed E-state index contributed by atoms with van der Waals surface area (Å²) < 4.78 is 0.755. The quantitative estimate of drug-likeness (QED) is 0.729. The molecule has 2 rings (SSSR count). The van der Waals surface area contributed by atoms with Gasteiger partial charge in [0.25, 0.3) is 0 Å². The maximum atomic E-state index is 10.4. The summed E-state index contributed by atoms with van der Waals surface area (Å²) in [5.41, 5.74) is 5.51. The molecule has 1 fully saturated rings. The van der Waals surface area contributed by atoms with Crippen molar-refractivity contribution in [3.8, 4) is 0 Å². The van der Waals surface area contributed by atoms with E-state index >= 15 is 0 Å². The Balaban J connectivity index is 2.23. The number of aryl methyl sites for hydroxylation is 1. The zero-order valence-corrected chi connectivity index (χ0v) is 11.4. The topological polar surface area (TPSA) is 84.1 Å². The lowest BCUT2D eigenvalue weighted by molar-refractivity contribution is 0.0312. The summed E-state index contributed by atoms with van der Waals surface area (Å²) in [6.07, 6.45) is 4.71. The molecular weight excluding hydrogens is 284 g/mol. The van der Waals surface area contributed by atoms with Crippen LogP contribution in [0.5, 0.6) is 0 Å². The Kier molecular flexibility index (Phi) is 3.53. The molecule has 0 aliphatic heterocycles. The zero-order chi connectivity index (χ0) is 12.5. The first-order chi connectivity index (χ1) is 8.00. The third-order valence-corrected chi connectivity index (χ3v) is 4.02. The van der Waals surface area contributed by atoms with Crippen molar-refractivity contribution in [2.45, 2.75) is 44.8 Å². The summed E-state index contributed by atoms with van der Waals surface area (Å²) in [5.74, 6) is 0.784. The zero-order valence-electron chi connectivity index (χ0n) is 9.83. The molecule has 1 aromatic rings. The fourth-order valence-corrected chi connectivity index (χ4v) is 2.42. The number of halogens is 1. The predicted molar refractivity (Wildman–Crippen MR) is 70.5 cm³/mol. The van der Waals surface area contributed by atoms with Crippen LogP contribution in [-0.2, 0) is 0 Å². The number of hydrogen-bond acceptors (Lipinski definition) is 5. The number of aliphatic hydroxyl groups is 1. The highest BCUT2D eigenvalue weighted by Crippen LogP contribution is 2.32. The van der Waals surface area contributed by atoms with Crippen molar-refractivity contribution in [1.82, 2.24) is 9.97 Å². The van der Waals surface area contributed by atoms with Gasteiger partial charge in [0.1, 0.15) is 11.5 Å². The maximum absolute atomic E-state index is 10.4. The molecule has 0 radical (unpaired) electrons. The van der Waals surface area contributed by atoms with Gasteiger partial charge in [-0.1, -0.05) is 6.42 Å². The monoisotopic (exact) mass is 300 g/mol. The number of nitrogens with two attached hydrogens (primary N) is 1. The molecule has 0 atom stereocenters. The smallest absolute Gasteiger partial charge is 0.222 e. The van der Waals surface area contributed by atoms with Crippen LogP contribution in [0.4, 0.5) is 11.8 Å². The first-order valence-corrected chi connectivity index (χ1v) is 6.60. The van der Waals surface area contributed by atoms with Gasteiger partial charge in [-0.2, -0.15) is 4.98 Å². The SMILES string of the molecule is Cc1nc(N)nc(NC2(O)CCCCC2)c1Br. The molecule has 0 unspecified atom stereocenters. The lowest BCUT2D eigenvalue weighted by Crippen LogP contribution is -2.40. The van der Waals surface area contributed by atoms with Gasteiger partial charge in [-0.15, -0.1) is 0 Å². The summed E-state index contributed by atoms with van der Waals surface area (Å²) in [5, 5.41) is 13.5. The lowest BCUT2D eigenvalue weighted by atomic mass is 9.92. The molecule has 6 heteroatoms. The van der Waals surface area contributed by atoms with Crippen molar-refractivity contribution in [2.75, 3.05) is 11.1 Å². The third-order valence-electron chi connectivity index (χ3n) is 3.07. The molecule has 5 nitrogen and oxygen atoms in total. The summed E-state index contributed by atoms with van der Waals surface area (Å²) in [4.78, 5) is 8.17. The first kappa shape index (κ1) is 12.6. The molecule has 4 N–H and O–H groups in total. The van der Waals surface area contributed by atoms with Crippen LogP contribution in [0.2, 0.25) is 0 Å². The highest BCUT2D eigenvalue weighted by Gasteiger charge is 2.30. The van der Waals surface area contributed by atoms with Crippen LogP contribution in [0.3, 0.4) is 0 Å². The van der Waals surface area contributed by atoms with E-state index in [2.05, 4.69) is 31.2 Å². The van der Waals surface area contributed by atoms with Gasteiger partial charge in [0, 0.05) is 0 Å². The third kappa shape index (κ3) is 2.87. The van der Waals surface area contributed by atoms with E-state index in [1.807, 2.05) is 6.92 Å². The summed E-state index contributed by atoms with van der Waals surface area (Å²) in [6, 6.07) is 0. The highest BCUT2D eigenvalue weighted by molar-refractivity contribution is 9.10. The second-order valence-corrected chi connectivity index (χ2v) is 5.34. The fraction of sp³-hybridized carbons (Fsp3) is 0.636. The van der Waals surface area contributed by atoms with E-state index in [1.165, 1.54) is 6.42 Å². The van der Waals surface area contributed by atoms with E-state index in [0.29, 0.717) is 5.82 Å². The van der Waals surface area contributed by atoms with Gasteiger partial charge < -0.3 is 16.2 Å². The molecule has 1 heterocycles. The molecule has 0 aromatic carbocycles. The van der Waals surface area contributed by atoms with Crippen LogP contribution in [0, 0.1) is 6.92 Å². The van der Waals surface area contributed by atoms with Crippen molar-refractivity contribution in [3.63, 3.8) is 0 Å². The van der Waals surface area contributed by atoms with E-state index in [-0.39, 0.29) is 5.95 Å². The second kappa shape index (κ2) is 4.78. The van der Waals surface area contributed by atoms with Crippen molar-refractivity contribution in [3.05, 3.63) is 10.2 Å². The van der Waals surface area contributed by atoms with E-state index in [9.17, 15) is 5.11 Å². The molecule has 0 spiro atoms. The molecule has 94 valence electrons. The molecular formula is C11H17BrN4O. The van der Waals surface area contributed by atoms with Gasteiger partial charge in [0.15, 0.2) is 0 Å². The molecule has 0 saturated heterocycles. The number of nitrogens with one attached hydrogen (secondary N) is 1. The number of nitrogens with zero attached hydrogens (tertiary/aromatic N) is 2. The van der Waals surface area contributed by atoms with Crippen LogP contribution in [0.15, 0.2) is 4.47 Å². The van der Waals surface area contributed by atoms with E-state index in [1.54, 1.807) is 0 Å². The normalized spacial score (nSPS) is 19.0. The molecule has 1 aliphatic rings. The van der Waals surface area contributed by atoms with E-state index < -0.39 is 5.72 Å². The Bertz CT molecular complexity index is 418. The van der Waals surface area contributed by atoms with Gasteiger partial charge in [-0.3, -0.25) is 0 Å². The number of nitrogen functional groups attached to an aromatic ring is 1. The van der Waals surface area contributed by atoms with Crippen molar-refractivity contribution in [2.24, 2.45) is 0 Å². The van der Waals surface area contributed by atoms with E-state index in [0.717, 1.165) is 35.8 Å². The molecule has 0 bridgehead atoms. The van der Waals surface area contributed by atoms with Gasteiger partial charge in [-0.05, 0) is 48.5 Å². The maximum Gasteiger partial charge on any atom is 0.222 e. The van der Waals surface area contributed by atoms with Gasteiger partial charge >= 0.3 is 0 Å². The van der Waals surface area contributed by atoms with Crippen LogP contribution in [-0.4, -0.2) is 20.8 Å². The van der Waals surface area contributed by atoms with Gasteiger partial charge in [0.05, 0.1) is 10.2 Å². The van der Waals surface area contributed by atoms with Crippen molar-refractivity contribution < 1.29 is 5.11 Å². The summed E-state index contributed by atoms with van der Waals surface area (Å²) >= 11 is 3.41. The minimum atomic E-state index is -0.867. The number of anilines is 2. The standard InChI is InChI=1S/C11H17BrN4O/c1-7-8(12)9(15-10(13)14-7)16-11(17)5-3-2-4-6-11/h17H,2-6H2,1H3,(H3,13,14,15,16). The lowest BCUT2D eigenvalue weighted by Gasteiger charge is -2.33. The Hall–Kier alpha value is -0.880. The van der Waals surface area contributed by atoms with Gasteiger partial charge in [-0.25, -0.2) is 4.98 Å². The van der Waals surface area contributed by atoms with E-state index in [4.69, 9.17) is 5.73 Å². The first-order valence-electron chi connectivity index (χ1n) is 5.80. The Morgan fingerprint density at radius 1 is 1.29 bits per heavy atom. The predicted octanol–water partition coefficient (Wildman–Crippen LogP) is 2.19.